The highest BCUT2D eigenvalue weighted by atomic mass is 32.1. The second-order valence-corrected chi connectivity index (χ2v) is 8.83. The van der Waals surface area contributed by atoms with Crippen molar-refractivity contribution in [1.29, 1.82) is 0 Å². The number of aryl methyl sites for hydroxylation is 2. The van der Waals surface area contributed by atoms with Gasteiger partial charge in [-0.25, -0.2) is 4.79 Å². The Morgan fingerprint density at radius 1 is 1.10 bits per heavy atom. The van der Waals surface area contributed by atoms with Crippen molar-refractivity contribution in [2.75, 3.05) is 6.61 Å². The van der Waals surface area contributed by atoms with Crippen LogP contribution in [-0.2, 0) is 28.9 Å². The smallest absolute Gasteiger partial charge is 0.348 e. The first-order chi connectivity index (χ1) is 14.2. The molecule has 29 heavy (non-hydrogen) atoms. The summed E-state index contributed by atoms with van der Waals surface area (Å²) < 4.78 is 10.8. The third-order valence-corrected chi connectivity index (χ3v) is 6.80. The molecule has 0 fully saturated rings. The van der Waals surface area contributed by atoms with E-state index >= 15 is 0 Å². The van der Waals surface area contributed by atoms with Crippen molar-refractivity contribution in [3.8, 4) is 0 Å². The molecule has 0 N–H and O–H groups in total. The average molecular weight is 414 g/mol. The van der Waals surface area contributed by atoms with E-state index in [-0.39, 0.29) is 12.5 Å². The van der Waals surface area contributed by atoms with Gasteiger partial charge in [-0.05, 0) is 75.1 Å². The van der Waals surface area contributed by atoms with Crippen molar-refractivity contribution in [1.82, 2.24) is 4.90 Å². The summed E-state index contributed by atoms with van der Waals surface area (Å²) in [6, 6.07) is 5.63. The van der Waals surface area contributed by atoms with Crippen molar-refractivity contribution < 1.29 is 18.7 Å². The number of carbonyl (C=O) groups is 2. The minimum atomic E-state index is -0.396. The lowest BCUT2D eigenvalue weighted by molar-refractivity contribution is -0.133. The zero-order chi connectivity index (χ0) is 20.1. The van der Waals surface area contributed by atoms with Gasteiger partial charge in [0.2, 0.25) is 0 Å². The number of carbonyl (C=O) groups excluding carboxylic acids is 2. The summed E-state index contributed by atoms with van der Waals surface area (Å²) >= 11 is 1.52. The van der Waals surface area contributed by atoms with Gasteiger partial charge in [0.15, 0.2) is 6.61 Å². The number of amides is 1. The summed E-state index contributed by atoms with van der Waals surface area (Å²) in [4.78, 5) is 29.1. The van der Waals surface area contributed by atoms with E-state index in [1.807, 2.05) is 18.2 Å². The maximum absolute atomic E-state index is 12.9. The molecule has 0 unspecified atom stereocenters. The molecule has 0 aliphatic heterocycles. The highest BCUT2D eigenvalue weighted by molar-refractivity contribution is 7.14. The third kappa shape index (κ3) is 4.99. The first-order valence-electron chi connectivity index (χ1n) is 10.5. The summed E-state index contributed by atoms with van der Waals surface area (Å²) in [6.07, 6.45) is 13.4. The molecule has 0 spiro atoms. The quantitative estimate of drug-likeness (QED) is 0.479. The summed E-state index contributed by atoms with van der Waals surface area (Å²) in [5, 5.41) is 0. The molecule has 2 aliphatic rings. The van der Waals surface area contributed by atoms with Crippen molar-refractivity contribution in [3.63, 3.8) is 0 Å². The molecule has 1 amide bonds. The van der Waals surface area contributed by atoms with Crippen LogP contribution in [0.1, 0.15) is 70.8 Å². The van der Waals surface area contributed by atoms with Crippen LogP contribution < -0.4 is 0 Å². The standard InChI is InChI=1S/C23H27NO4S/c25-22(24(15-19-11-7-13-27-19)18-9-4-2-5-10-18)16-28-23(26)21-14-17-8-3-1-6-12-20(17)29-21/h7,9,11,13-14H,1-6,8,10,12,15-16H2. The molecule has 4 rings (SSSR count). The normalized spacial score (nSPS) is 16.5. The summed E-state index contributed by atoms with van der Waals surface area (Å²) in [5.74, 6) is 0.117. The van der Waals surface area contributed by atoms with Crippen molar-refractivity contribution in [2.45, 2.75) is 64.3 Å². The van der Waals surface area contributed by atoms with Crippen LogP contribution in [0.2, 0.25) is 0 Å². The Morgan fingerprint density at radius 3 is 2.76 bits per heavy atom. The Labute approximate surface area is 175 Å². The maximum Gasteiger partial charge on any atom is 0.348 e. The largest absolute Gasteiger partial charge is 0.467 e. The van der Waals surface area contributed by atoms with E-state index in [0.717, 1.165) is 50.0 Å². The van der Waals surface area contributed by atoms with Gasteiger partial charge < -0.3 is 14.1 Å². The fourth-order valence-electron chi connectivity index (χ4n) is 4.02. The molecule has 0 radical (unpaired) electrons. The van der Waals surface area contributed by atoms with Crippen LogP contribution in [0, 0.1) is 0 Å². The van der Waals surface area contributed by atoms with Gasteiger partial charge in [-0.3, -0.25) is 4.79 Å². The molecule has 6 heteroatoms. The Hall–Kier alpha value is -2.34. The third-order valence-electron chi connectivity index (χ3n) is 5.58. The van der Waals surface area contributed by atoms with Crippen LogP contribution in [0.25, 0.3) is 0 Å². The summed E-state index contributed by atoms with van der Waals surface area (Å²) in [6.45, 7) is 0.113. The Bertz CT molecular complexity index is 857. The van der Waals surface area contributed by atoms with Crippen LogP contribution >= 0.6 is 11.3 Å². The number of rotatable bonds is 6. The van der Waals surface area contributed by atoms with Gasteiger partial charge in [0, 0.05) is 10.6 Å². The van der Waals surface area contributed by atoms with Crippen LogP contribution in [0.5, 0.6) is 0 Å². The van der Waals surface area contributed by atoms with Crippen molar-refractivity contribution in [3.05, 3.63) is 57.3 Å². The van der Waals surface area contributed by atoms with Gasteiger partial charge >= 0.3 is 5.97 Å². The number of esters is 1. The van der Waals surface area contributed by atoms with Crippen LogP contribution in [0.15, 0.2) is 40.7 Å². The molecule has 5 nitrogen and oxygen atoms in total. The monoisotopic (exact) mass is 413 g/mol. The van der Waals surface area contributed by atoms with Crippen molar-refractivity contribution >= 4 is 23.2 Å². The van der Waals surface area contributed by atoms with Gasteiger partial charge in [-0.1, -0.05) is 12.5 Å². The molecular weight excluding hydrogens is 386 g/mol. The molecule has 0 aromatic carbocycles. The number of hydrogen-bond donors (Lipinski definition) is 0. The fourth-order valence-corrected chi connectivity index (χ4v) is 5.17. The lowest BCUT2D eigenvalue weighted by Crippen LogP contribution is -2.34. The Balaban J connectivity index is 1.40. The van der Waals surface area contributed by atoms with Crippen LogP contribution in [-0.4, -0.2) is 23.4 Å². The molecular formula is C23H27NO4S. The van der Waals surface area contributed by atoms with Crippen LogP contribution in [0.4, 0.5) is 0 Å². The number of thiophene rings is 1. The number of fused-ring (bicyclic) bond motifs is 1. The van der Waals surface area contributed by atoms with Crippen molar-refractivity contribution in [2.24, 2.45) is 0 Å². The maximum atomic E-state index is 12.9. The predicted molar refractivity (Wildman–Crippen MR) is 112 cm³/mol. The minimum absolute atomic E-state index is 0.207. The second-order valence-electron chi connectivity index (χ2n) is 7.70. The van der Waals surface area contributed by atoms with E-state index in [4.69, 9.17) is 9.15 Å². The molecule has 0 atom stereocenters. The highest BCUT2D eigenvalue weighted by Gasteiger charge is 2.23. The van der Waals surface area contributed by atoms with E-state index in [9.17, 15) is 9.59 Å². The number of allylic oxidation sites excluding steroid dienone is 2. The van der Waals surface area contributed by atoms with Gasteiger partial charge in [-0.15, -0.1) is 11.3 Å². The lowest BCUT2D eigenvalue weighted by Gasteiger charge is -2.26. The number of furan rings is 1. The molecule has 2 aromatic rings. The Kier molecular flexibility index (Phi) is 6.49. The number of ether oxygens (including phenoxy) is 1. The van der Waals surface area contributed by atoms with E-state index in [1.54, 1.807) is 11.2 Å². The lowest BCUT2D eigenvalue weighted by atomic mass is 10.0. The van der Waals surface area contributed by atoms with Gasteiger partial charge in [-0.2, -0.15) is 0 Å². The van der Waals surface area contributed by atoms with Gasteiger partial charge in [0.1, 0.15) is 10.6 Å². The SMILES string of the molecule is O=C(OCC(=O)N(Cc1ccco1)C1=CCCCC1)c1cc2c(s1)CCCCC2. The first kappa shape index (κ1) is 20.0. The van der Waals surface area contributed by atoms with Crippen LogP contribution in [0.3, 0.4) is 0 Å². The fraction of sp³-hybridized carbons (Fsp3) is 0.478. The topological polar surface area (TPSA) is 59.8 Å². The minimum Gasteiger partial charge on any atom is -0.467 e. The molecule has 2 aromatic heterocycles. The van der Waals surface area contributed by atoms with E-state index in [2.05, 4.69) is 6.08 Å². The van der Waals surface area contributed by atoms with Gasteiger partial charge in [0.05, 0.1) is 12.8 Å². The number of nitrogens with zero attached hydrogens (tertiary/aromatic N) is 1. The molecule has 2 heterocycles. The number of hydrogen-bond acceptors (Lipinski definition) is 5. The van der Waals surface area contributed by atoms with E-state index in [1.165, 1.54) is 41.0 Å². The molecule has 0 saturated heterocycles. The summed E-state index contributed by atoms with van der Waals surface area (Å²) in [7, 11) is 0. The average Bonchev–Trinajstić information content (AvgIpc) is 3.36. The second kappa shape index (κ2) is 9.44. The molecule has 0 saturated carbocycles. The first-order valence-corrected chi connectivity index (χ1v) is 11.3. The van der Waals surface area contributed by atoms with E-state index < -0.39 is 5.97 Å². The molecule has 2 aliphatic carbocycles. The summed E-state index contributed by atoms with van der Waals surface area (Å²) in [5.41, 5.74) is 2.27. The highest BCUT2D eigenvalue weighted by Crippen LogP contribution is 2.29. The zero-order valence-electron chi connectivity index (χ0n) is 16.7. The zero-order valence-corrected chi connectivity index (χ0v) is 17.5. The molecule has 154 valence electrons. The van der Waals surface area contributed by atoms with Gasteiger partial charge in [0.25, 0.3) is 5.91 Å². The molecule has 0 bridgehead atoms. The predicted octanol–water partition coefficient (Wildman–Crippen LogP) is 5.25. The van der Waals surface area contributed by atoms with E-state index in [0.29, 0.717) is 11.4 Å². The Morgan fingerprint density at radius 2 is 1.97 bits per heavy atom.